The van der Waals surface area contributed by atoms with Crippen LogP contribution >= 0.6 is 47.0 Å². The minimum absolute atomic E-state index is 0.123. The summed E-state index contributed by atoms with van der Waals surface area (Å²) in [4.78, 5) is 3.29. The zero-order valence-electron chi connectivity index (χ0n) is 34.4. The Bertz CT molecular complexity index is 1970. The molecule has 4 aromatic carbocycles. The largest absolute Gasteiger partial charge is 0.504 e. The van der Waals surface area contributed by atoms with E-state index in [0.29, 0.717) is 56.5 Å². The summed E-state index contributed by atoms with van der Waals surface area (Å²) in [6.07, 6.45) is 21.9. The number of allylic oxidation sites excluding steroid dienone is 4. The lowest BCUT2D eigenvalue weighted by Gasteiger charge is -2.12. The molecule has 0 amide bonds. The van der Waals surface area contributed by atoms with Gasteiger partial charge in [-0.25, -0.2) is 0 Å². The van der Waals surface area contributed by atoms with Crippen molar-refractivity contribution in [3.05, 3.63) is 70.8 Å². The predicted octanol–water partition coefficient (Wildman–Crippen LogP) is 10.3. The van der Waals surface area contributed by atoms with E-state index in [-0.39, 0.29) is 34.5 Å². The van der Waals surface area contributed by atoms with Crippen molar-refractivity contribution in [3.63, 3.8) is 0 Å². The fourth-order valence-corrected chi connectivity index (χ4v) is 7.93. The Morgan fingerprint density at radius 1 is 0.414 bits per heavy atom. The molecule has 0 spiro atoms. The van der Waals surface area contributed by atoms with Crippen LogP contribution in [0.25, 0.3) is 24.3 Å². The maximum Gasteiger partial charge on any atom is 0.166 e. The molecule has 12 nitrogen and oxygen atoms in total. The highest BCUT2D eigenvalue weighted by atomic mass is 32.2. The van der Waals surface area contributed by atoms with Crippen LogP contribution < -0.4 is 32.4 Å². The van der Waals surface area contributed by atoms with Crippen LogP contribution in [-0.2, 0) is 0 Å². The summed E-state index contributed by atoms with van der Waals surface area (Å²) in [6.45, 7) is 7.45. The fraction of sp³-hybridized carbons (Fsp3) is 0.238. The first-order valence-corrected chi connectivity index (χ1v) is 22.2. The first-order chi connectivity index (χ1) is 27.5. The Morgan fingerprint density at radius 2 is 0.638 bits per heavy atom. The zero-order valence-corrected chi connectivity index (χ0v) is 37.6. The molecule has 4 rings (SSSR count). The number of hydrogen-bond donors (Lipinski definition) is 10. The molecular weight excluding hydrogens is 817 g/mol. The maximum absolute atomic E-state index is 9.91. The highest BCUT2D eigenvalue weighted by Gasteiger charge is 2.16. The van der Waals surface area contributed by atoms with E-state index in [1.807, 2.05) is 77.0 Å². The van der Waals surface area contributed by atoms with Gasteiger partial charge in [-0.15, -0.1) is 47.0 Å². The lowest BCUT2D eigenvalue weighted by Crippen LogP contribution is -1.95. The number of phenols is 6. The van der Waals surface area contributed by atoms with E-state index in [4.69, 9.17) is 32.4 Å². The van der Waals surface area contributed by atoms with Gasteiger partial charge in [0.1, 0.15) is 0 Å². The van der Waals surface area contributed by atoms with Crippen molar-refractivity contribution in [2.45, 2.75) is 47.3 Å². The number of nitrogen functional groups attached to an aromatic ring is 4. The average Bonchev–Trinajstić information content (AvgIpc) is 3.19. The Morgan fingerprint density at radius 3 is 0.845 bits per heavy atom. The summed E-state index contributed by atoms with van der Waals surface area (Å²) in [5.41, 5.74) is 27.9. The number of anilines is 4. The molecule has 316 valence electrons. The van der Waals surface area contributed by atoms with Crippen LogP contribution in [0, 0.1) is 0 Å². The van der Waals surface area contributed by atoms with Gasteiger partial charge in [0.05, 0.1) is 14.2 Å². The molecule has 0 saturated heterocycles. The van der Waals surface area contributed by atoms with Gasteiger partial charge in [-0.2, -0.15) is 0 Å². The molecule has 4 aromatic rings. The molecule has 16 heteroatoms. The number of phenolic OH excluding ortho intramolecular Hbond substituents is 6. The molecule has 0 aliphatic heterocycles. The van der Waals surface area contributed by atoms with Crippen LogP contribution in [0.3, 0.4) is 0 Å². The van der Waals surface area contributed by atoms with Gasteiger partial charge in [0, 0.05) is 88.9 Å². The highest BCUT2D eigenvalue weighted by molar-refractivity contribution is 7.99. The Balaban J connectivity index is 0.000000387. The normalized spacial score (nSPS) is 10.9. The Kier molecular flexibility index (Phi) is 22.1. The number of hydrogen-bond acceptors (Lipinski definition) is 16. The monoisotopic (exact) mass is 872 g/mol. The lowest BCUT2D eigenvalue weighted by molar-refractivity contribution is 0.372. The molecule has 0 fully saturated rings. The molecule has 0 aliphatic carbocycles. The second kappa shape index (κ2) is 25.3. The van der Waals surface area contributed by atoms with Gasteiger partial charge >= 0.3 is 0 Å². The van der Waals surface area contributed by atoms with Crippen LogP contribution in [0.1, 0.15) is 49.9 Å². The molecule has 0 saturated carbocycles. The Labute approximate surface area is 358 Å². The van der Waals surface area contributed by atoms with E-state index in [0.717, 1.165) is 19.6 Å². The van der Waals surface area contributed by atoms with E-state index in [1.165, 1.54) is 73.4 Å². The number of methoxy groups -OCH3 is 2. The first-order valence-electron chi connectivity index (χ1n) is 17.3. The molecule has 0 bridgehead atoms. The van der Waals surface area contributed by atoms with Crippen molar-refractivity contribution in [2.75, 3.05) is 62.2 Å². The maximum atomic E-state index is 9.91. The third-order valence-electron chi connectivity index (χ3n) is 7.75. The minimum atomic E-state index is -0.187. The zero-order chi connectivity index (χ0) is 44.3. The smallest absolute Gasteiger partial charge is 0.166 e. The van der Waals surface area contributed by atoms with Crippen molar-refractivity contribution in [3.8, 4) is 46.0 Å². The van der Waals surface area contributed by atoms with Crippen molar-refractivity contribution >= 4 is 94.1 Å². The summed E-state index contributed by atoms with van der Waals surface area (Å²) >= 11 is 5.88. The summed E-state index contributed by atoms with van der Waals surface area (Å²) in [7, 11) is 3.01. The predicted molar refractivity (Wildman–Crippen MR) is 252 cm³/mol. The van der Waals surface area contributed by atoms with E-state index in [9.17, 15) is 30.6 Å². The first kappa shape index (κ1) is 50.9. The quantitative estimate of drug-likeness (QED) is 0.0308. The molecule has 0 aromatic heterocycles. The molecule has 0 radical (unpaired) electrons. The number of rotatable bonds is 10. The van der Waals surface area contributed by atoms with Crippen molar-refractivity contribution in [2.24, 2.45) is 0 Å². The van der Waals surface area contributed by atoms with Crippen LogP contribution in [0.15, 0.2) is 68.2 Å². The van der Waals surface area contributed by atoms with Crippen molar-refractivity contribution in [1.82, 2.24) is 0 Å². The second-order valence-corrected chi connectivity index (χ2v) is 14.8. The van der Waals surface area contributed by atoms with Gasteiger partial charge in [0.2, 0.25) is 0 Å². The van der Waals surface area contributed by atoms with Crippen LogP contribution in [-0.4, -0.2) is 69.9 Å². The van der Waals surface area contributed by atoms with Gasteiger partial charge in [0.15, 0.2) is 46.0 Å². The minimum Gasteiger partial charge on any atom is -0.504 e. The molecule has 0 heterocycles. The summed E-state index contributed by atoms with van der Waals surface area (Å²) in [5, 5.41) is 57.7. The standard InChI is InChI=1S/2C11H15NO2S.2C10H13NO2S/c2*1-4-5-7-10(13)9(14-2)6-8(12)11(7)15-3;2*1-3-4-6-9(13)8(12)5-7(11)10(6)14-2/h2*4-6,13H,12H2,1-3H3;2*3-5,12-13H,11H2,1-2H3/b2*5-4+;2*4-3+. The van der Waals surface area contributed by atoms with E-state index in [1.54, 1.807) is 36.4 Å². The van der Waals surface area contributed by atoms with Crippen LogP contribution in [0.5, 0.6) is 46.0 Å². The average molecular weight is 873 g/mol. The topological polar surface area (TPSA) is 244 Å². The lowest BCUT2D eigenvalue weighted by atomic mass is 10.1. The van der Waals surface area contributed by atoms with Gasteiger partial charge in [-0.1, -0.05) is 48.6 Å². The van der Waals surface area contributed by atoms with Gasteiger partial charge in [-0.3, -0.25) is 0 Å². The van der Waals surface area contributed by atoms with Gasteiger partial charge in [0.25, 0.3) is 0 Å². The summed E-state index contributed by atoms with van der Waals surface area (Å²) in [5.74, 6) is 0.449. The number of nitrogens with two attached hydrogens (primary N) is 4. The van der Waals surface area contributed by atoms with E-state index in [2.05, 4.69) is 0 Å². The van der Waals surface area contributed by atoms with Crippen molar-refractivity contribution in [1.29, 1.82) is 0 Å². The summed E-state index contributed by atoms with van der Waals surface area (Å²) < 4.78 is 10.1. The number of aromatic hydroxyl groups is 6. The SMILES string of the molecule is C/C=C/c1c(O)c(O)cc(N)c1SC.C/C=C/c1c(O)c(O)cc(N)c1SC.C/C=C/c1c(O)c(OC)cc(N)c1SC.C/C=C/c1c(O)c(OC)cc(N)c1SC. The number of benzene rings is 4. The van der Waals surface area contributed by atoms with Gasteiger partial charge in [-0.05, 0) is 52.7 Å². The molecule has 0 unspecified atom stereocenters. The molecule has 0 aliphatic rings. The molecule has 58 heavy (non-hydrogen) atoms. The second-order valence-electron chi connectivity index (χ2n) is 11.5. The fourth-order valence-electron chi connectivity index (χ4n) is 5.21. The summed E-state index contributed by atoms with van der Waals surface area (Å²) in [6, 6.07) is 5.98. The van der Waals surface area contributed by atoms with Crippen LogP contribution in [0.4, 0.5) is 22.7 Å². The highest BCUT2D eigenvalue weighted by Crippen LogP contribution is 2.44. The number of thioether (sulfide) groups is 4. The van der Waals surface area contributed by atoms with Crippen LogP contribution in [0.2, 0.25) is 0 Å². The number of ether oxygens (including phenoxy) is 2. The Hall–Kier alpha value is -5.16. The van der Waals surface area contributed by atoms with Crippen molar-refractivity contribution < 1.29 is 40.1 Å². The molecule has 0 atom stereocenters. The van der Waals surface area contributed by atoms with Gasteiger partial charge < -0.3 is 63.0 Å². The van der Waals surface area contributed by atoms with E-state index < -0.39 is 0 Å². The molecule has 14 N–H and O–H groups in total. The third-order valence-corrected chi connectivity index (χ3v) is 11.2. The molecular formula is C42H56N4O8S4. The van der Waals surface area contributed by atoms with E-state index >= 15 is 0 Å². The third kappa shape index (κ3) is 12.9.